The molecule has 1 aromatic carbocycles. The summed E-state index contributed by atoms with van der Waals surface area (Å²) in [5.41, 5.74) is 1.13. The molecule has 9 heteroatoms. The fraction of sp³-hybridized carbons (Fsp3) is 0.250. The minimum absolute atomic E-state index is 0.586. The lowest BCUT2D eigenvalue weighted by atomic mass is 10.2. The van der Waals surface area contributed by atoms with E-state index < -0.39 is 0 Å². The first-order valence-electron chi connectivity index (χ1n) is 7.58. The van der Waals surface area contributed by atoms with E-state index in [-0.39, 0.29) is 0 Å². The number of nitrogens with one attached hydrogen (secondary N) is 1. The second-order valence-electron chi connectivity index (χ2n) is 5.18. The van der Waals surface area contributed by atoms with Crippen LogP contribution in [0.2, 0.25) is 0 Å². The summed E-state index contributed by atoms with van der Waals surface area (Å²) in [5.74, 6) is 3.21. The zero-order valence-corrected chi connectivity index (χ0v) is 16.2. The van der Waals surface area contributed by atoms with Gasteiger partial charge in [0.1, 0.15) is 19.0 Å². The van der Waals surface area contributed by atoms with Crippen LogP contribution < -0.4 is 14.8 Å². The molecule has 25 heavy (non-hydrogen) atoms. The highest BCUT2D eigenvalue weighted by molar-refractivity contribution is 9.10. The van der Waals surface area contributed by atoms with E-state index in [2.05, 4.69) is 31.4 Å². The minimum Gasteiger partial charge on any atom is -0.486 e. The molecule has 0 atom stereocenters. The number of ether oxygens (including phenoxy) is 2. The molecule has 0 aliphatic carbocycles. The molecule has 3 aromatic rings. The van der Waals surface area contributed by atoms with Crippen molar-refractivity contribution in [1.82, 2.24) is 10.2 Å². The van der Waals surface area contributed by atoms with Crippen LogP contribution in [0.5, 0.6) is 11.5 Å². The van der Waals surface area contributed by atoms with Crippen LogP contribution >= 0.6 is 39.0 Å². The van der Waals surface area contributed by atoms with Crippen LogP contribution in [0.25, 0.3) is 0 Å². The summed E-state index contributed by atoms with van der Waals surface area (Å²) in [4.78, 5) is 0. The molecule has 2 aromatic heterocycles. The van der Waals surface area contributed by atoms with Crippen LogP contribution in [0.3, 0.4) is 0 Å². The van der Waals surface area contributed by atoms with Gasteiger partial charge in [-0.2, -0.15) is 0 Å². The SMILES string of the molecule is Brc1cc2c(cc1CSc1nnc(NCc3ccco3)s1)OCCO2. The quantitative estimate of drug-likeness (QED) is 0.563. The molecule has 0 unspecified atom stereocenters. The molecule has 1 aliphatic heterocycles. The molecule has 0 fully saturated rings. The summed E-state index contributed by atoms with van der Waals surface area (Å²) < 4.78 is 18.4. The molecule has 1 aliphatic rings. The molecular weight excluding hydrogens is 426 g/mol. The highest BCUT2D eigenvalue weighted by atomic mass is 79.9. The van der Waals surface area contributed by atoms with E-state index in [4.69, 9.17) is 13.9 Å². The van der Waals surface area contributed by atoms with Gasteiger partial charge in [0.2, 0.25) is 5.13 Å². The van der Waals surface area contributed by atoms with Gasteiger partial charge in [-0.1, -0.05) is 39.0 Å². The standard InChI is InChI=1S/C16H14BrN3O3S2/c17-12-7-14-13(22-4-5-23-14)6-10(12)9-24-16-20-19-15(25-16)18-8-11-2-1-3-21-11/h1-3,6-7H,4-5,8-9H2,(H,18,19). The first-order chi connectivity index (χ1) is 12.3. The summed E-state index contributed by atoms with van der Waals surface area (Å²) in [7, 11) is 0. The maximum absolute atomic E-state index is 5.64. The van der Waals surface area contributed by atoms with Crippen molar-refractivity contribution in [3.8, 4) is 11.5 Å². The second-order valence-corrected chi connectivity index (χ2v) is 8.24. The van der Waals surface area contributed by atoms with Gasteiger partial charge >= 0.3 is 0 Å². The van der Waals surface area contributed by atoms with E-state index in [0.29, 0.717) is 19.8 Å². The fourth-order valence-corrected chi connectivity index (χ4v) is 4.66. The lowest BCUT2D eigenvalue weighted by Gasteiger charge is -2.19. The number of fused-ring (bicyclic) bond motifs is 1. The third-order valence-electron chi connectivity index (χ3n) is 3.46. The molecular formula is C16H14BrN3O3S2. The van der Waals surface area contributed by atoms with Gasteiger partial charge in [0.05, 0.1) is 12.8 Å². The van der Waals surface area contributed by atoms with E-state index in [9.17, 15) is 0 Å². The van der Waals surface area contributed by atoms with Gasteiger partial charge in [0.25, 0.3) is 0 Å². The first-order valence-corrected chi connectivity index (χ1v) is 10.2. The smallest absolute Gasteiger partial charge is 0.206 e. The summed E-state index contributed by atoms with van der Waals surface area (Å²) >= 11 is 6.76. The van der Waals surface area contributed by atoms with Gasteiger partial charge in [0.15, 0.2) is 15.8 Å². The molecule has 0 radical (unpaired) electrons. The molecule has 3 heterocycles. The highest BCUT2D eigenvalue weighted by Gasteiger charge is 2.15. The zero-order chi connectivity index (χ0) is 17.1. The van der Waals surface area contributed by atoms with E-state index in [1.54, 1.807) is 18.0 Å². The predicted molar refractivity (Wildman–Crippen MR) is 101 cm³/mol. The summed E-state index contributed by atoms with van der Waals surface area (Å²) in [6, 6.07) is 7.76. The molecule has 0 amide bonds. The number of nitrogens with zero attached hydrogens (tertiary/aromatic N) is 2. The van der Waals surface area contributed by atoms with Crippen LogP contribution in [0.15, 0.2) is 43.8 Å². The fourth-order valence-electron chi connectivity index (χ4n) is 2.27. The number of halogens is 1. The van der Waals surface area contributed by atoms with Crippen molar-refractivity contribution >= 4 is 44.2 Å². The van der Waals surface area contributed by atoms with Crippen molar-refractivity contribution in [3.05, 3.63) is 46.3 Å². The van der Waals surface area contributed by atoms with Crippen LogP contribution in [-0.2, 0) is 12.3 Å². The average Bonchev–Trinajstić information content (AvgIpc) is 3.30. The average molecular weight is 440 g/mol. The third kappa shape index (κ3) is 4.10. The molecule has 0 saturated carbocycles. The van der Waals surface area contributed by atoms with Gasteiger partial charge < -0.3 is 19.2 Å². The topological polar surface area (TPSA) is 69.4 Å². The number of benzene rings is 1. The molecule has 6 nitrogen and oxygen atoms in total. The summed E-state index contributed by atoms with van der Waals surface area (Å²) in [5, 5.41) is 12.4. The van der Waals surface area contributed by atoms with Crippen molar-refractivity contribution < 1.29 is 13.9 Å². The van der Waals surface area contributed by atoms with Crippen molar-refractivity contribution in [1.29, 1.82) is 0 Å². The number of aromatic nitrogens is 2. The van der Waals surface area contributed by atoms with Gasteiger partial charge in [-0.05, 0) is 29.8 Å². The van der Waals surface area contributed by atoms with E-state index >= 15 is 0 Å². The van der Waals surface area contributed by atoms with Crippen molar-refractivity contribution in [2.45, 2.75) is 16.6 Å². The highest BCUT2D eigenvalue weighted by Crippen LogP contribution is 2.38. The summed E-state index contributed by atoms with van der Waals surface area (Å²) in [6.45, 7) is 1.77. The monoisotopic (exact) mass is 439 g/mol. The van der Waals surface area contributed by atoms with Gasteiger partial charge in [-0.15, -0.1) is 10.2 Å². The number of rotatable bonds is 6. The van der Waals surface area contributed by atoms with Crippen molar-refractivity contribution in [2.75, 3.05) is 18.5 Å². The van der Waals surface area contributed by atoms with E-state index in [1.807, 2.05) is 24.3 Å². The number of hydrogen-bond donors (Lipinski definition) is 1. The van der Waals surface area contributed by atoms with Crippen molar-refractivity contribution in [2.24, 2.45) is 0 Å². The Labute approximate surface area is 161 Å². The number of anilines is 1. The second kappa shape index (κ2) is 7.67. The van der Waals surface area contributed by atoms with E-state index in [0.717, 1.165) is 42.5 Å². The molecule has 0 bridgehead atoms. The number of hydrogen-bond acceptors (Lipinski definition) is 8. The normalized spacial score (nSPS) is 13.0. The van der Waals surface area contributed by atoms with Crippen LogP contribution in [0, 0.1) is 0 Å². The summed E-state index contributed by atoms with van der Waals surface area (Å²) in [6.07, 6.45) is 1.66. The van der Waals surface area contributed by atoms with Gasteiger partial charge in [0, 0.05) is 10.2 Å². The maximum Gasteiger partial charge on any atom is 0.206 e. The molecule has 0 spiro atoms. The van der Waals surface area contributed by atoms with Crippen molar-refractivity contribution in [3.63, 3.8) is 0 Å². The van der Waals surface area contributed by atoms with E-state index in [1.165, 1.54) is 11.3 Å². The third-order valence-corrected chi connectivity index (χ3v) is 6.26. The van der Waals surface area contributed by atoms with Crippen LogP contribution in [0.4, 0.5) is 5.13 Å². The number of thioether (sulfide) groups is 1. The Hall–Kier alpha value is -1.71. The Kier molecular flexibility index (Phi) is 5.14. The minimum atomic E-state index is 0.586. The predicted octanol–water partition coefficient (Wildman–Crippen LogP) is 4.57. The molecule has 4 rings (SSSR count). The Balaban J connectivity index is 1.37. The molecule has 0 saturated heterocycles. The zero-order valence-electron chi connectivity index (χ0n) is 13.0. The lowest BCUT2D eigenvalue weighted by Crippen LogP contribution is -2.15. The Morgan fingerprint density at radius 2 is 2.04 bits per heavy atom. The molecule has 130 valence electrons. The van der Waals surface area contributed by atoms with Gasteiger partial charge in [-0.25, -0.2) is 0 Å². The lowest BCUT2D eigenvalue weighted by molar-refractivity contribution is 0.171. The van der Waals surface area contributed by atoms with Crippen LogP contribution in [0.1, 0.15) is 11.3 Å². The Morgan fingerprint density at radius 3 is 2.84 bits per heavy atom. The largest absolute Gasteiger partial charge is 0.486 e. The van der Waals surface area contributed by atoms with Gasteiger partial charge in [-0.3, -0.25) is 0 Å². The maximum atomic E-state index is 5.64. The first kappa shape index (κ1) is 16.7. The Bertz CT molecular complexity index is 854. The number of furan rings is 1. The van der Waals surface area contributed by atoms with Crippen LogP contribution in [-0.4, -0.2) is 23.4 Å². The Morgan fingerprint density at radius 1 is 1.20 bits per heavy atom. The molecule has 1 N–H and O–H groups in total.